The Kier molecular flexibility index (Phi) is 7.90. The average molecular weight is 275 g/mol. The fraction of sp³-hybridized carbons (Fsp3) is 1.00. The Labute approximate surface area is 121 Å². The van der Waals surface area contributed by atoms with Crippen molar-refractivity contribution in [1.82, 2.24) is 0 Å². The number of alkyl halides is 1. The van der Waals surface area contributed by atoms with Gasteiger partial charge in [-0.25, -0.2) is 0 Å². The van der Waals surface area contributed by atoms with E-state index < -0.39 is 0 Å². The van der Waals surface area contributed by atoms with E-state index in [1.165, 1.54) is 32.1 Å². The Balaban J connectivity index is 4.77. The summed E-state index contributed by atoms with van der Waals surface area (Å²) in [4.78, 5) is 0. The lowest BCUT2D eigenvalue weighted by Gasteiger charge is -2.49. The third-order valence-electron chi connectivity index (χ3n) is 5.64. The maximum absolute atomic E-state index is 6.28. The molecule has 0 radical (unpaired) electrons. The molecule has 1 unspecified atom stereocenters. The molecule has 0 aliphatic heterocycles. The topological polar surface area (TPSA) is 0 Å². The highest BCUT2D eigenvalue weighted by molar-refractivity contribution is 6.20. The van der Waals surface area contributed by atoms with Gasteiger partial charge in [0.25, 0.3) is 0 Å². The van der Waals surface area contributed by atoms with Gasteiger partial charge in [-0.1, -0.05) is 61.3 Å². The van der Waals surface area contributed by atoms with Crippen molar-refractivity contribution in [1.29, 1.82) is 0 Å². The van der Waals surface area contributed by atoms with Crippen molar-refractivity contribution in [3.63, 3.8) is 0 Å². The Morgan fingerprint density at radius 1 is 1.00 bits per heavy atom. The van der Waals surface area contributed by atoms with Crippen LogP contribution in [-0.4, -0.2) is 5.38 Å². The first-order valence-electron chi connectivity index (χ1n) is 7.89. The standard InChI is InChI=1S/C17H35Cl/c1-8-13-17(7,16(5,6)10-3)14(4)11-12-15(18)9-2/h14-15H,8-13H2,1-7H3/t14-,15?,17+/m1/s1. The number of hydrogen-bond donors (Lipinski definition) is 0. The minimum atomic E-state index is 0.364. The van der Waals surface area contributed by atoms with Crippen molar-refractivity contribution in [3.05, 3.63) is 0 Å². The lowest BCUT2D eigenvalue weighted by atomic mass is 9.56. The van der Waals surface area contributed by atoms with Gasteiger partial charge < -0.3 is 0 Å². The maximum Gasteiger partial charge on any atom is 0.0333 e. The van der Waals surface area contributed by atoms with Crippen LogP contribution in [0.1, 0.15) is 87.0 Å². The quantitative estimate of drug-likeness (QED) is 0.412. The molecule has 0 aliphatic carbocycles. The molecule has 0 amide bonds. The molecule has 0 spiro atoms. The van der Waals surface area contributed by atoms with Crippen LogP contribution in [0.4, 0.5) is 0 Å². The predicted octanol–water partition coefficient (Wildman–Crippen LogP) is 6.66. The fourth-order valence-corrected chi connectivity index (χ4v) is 3.25. The average Bonchev–Trinajstić information content (AvgIpc) is 2.35. The molecule has 0 aromatic rings. The van der Waals surface area contributed by atoms with E-state index in [0.29, 0.717) is 16.2 Å². The van der Waals surface area contributed by atoms with E-state index in [4.69, 9.17) is 11.6 Å². The molecule has 3 atom stereocenters. The van der Waals surface area contributed by atoms with Gasteiger partial charge in [-0.2, -0.15) is 0 Å². The molecule has 0 aromatic carbocycles. The van der Waals surface area contributed by atoms with Crippen molar-refractivity contribution >= 4 is 11.6 Å². The summed E-state index contributed by atoms with van der Waals surface area (Å²) < 4.78 is 0. The highest BCUT2D eigenvalue weighted by Crippen LogP contribution is 2.51. The Morgan fingerprint density at radius 3 is 1.94 bits per heavy atom. The molecule has 0 saturated heterocycles. The molecule has 110 valence electrons. The zero-order chi connectivity index (χ0) is 14.4. The van der Waals surface area contributed by atoms with Crippen molar-refractivity contribution < 1.29 is 0 Å². The van der Waals surface area contributed by atoms with Gasteiger partial charge in [-0.15, -0.1) is 11.6 Å². The third kappa shape index (κ3) is 4.44. The minimum absolute atomic E-state index is 0.364. The van der Waals surface area contributed by atoms with Crippen LogP contribution in [0, 0.1) is 16.7 Å². The molecule has 0 saturated carbocycles. The van der Waals surface area contributed by atoms with Gasteiger partial charge in [0.1, 0.15) is 0 Å². The summed E-state index contributed by atoms with van der Waals surface area (Å²) in [5.74, 6) is 0.750. The second-order valence-electron chi connectivity index (χ2n) is 6.89. The molecule has 0 rings (SSSR count). The molecule has 1 heteroatoms. The van der Waals surface area contributed by atoms with Gasteiger partial charge in [0.15, 0.2) is 0 Å². The summed E-state index contributed by atoms with van der Waals surface area (Å²) in [7, 11) is 0. The molecule has 0 fully saturated rings. The molecular formula is C17H35Cl. The zero-order valence-corrected chi connectivity index (χ0v) is 14.5. The molecule has 18 heavy (non-hydrogen) atoms. The normalized spacial score (nSPS) is 19.3. The predicted molar refractivity (Wildman–Crippen MR) is 85.4 cm³/mol. The summed E-state index contributed by atoms with van der Waals surface area (Å²) in [5, 5.41) is 0.364. The second kappa shape index (κ2) is 7.78. The lowest BCUT2D eigenvalue weighted by molar-refractivity contribution is 0.00933. The fourth-order valence-electron chi connectivity index (χ4n) is 3.13. The van der Waals surface area contributed by atoms with E-state index in [1.807, 2.05) is 0 Å². The first kappa shape index (κ1) is 18.3. The molecule has 0 aliphatic rings. The van der Waals surface area contributed by atoms with Crippen LogP contribution in [0.3, 0.4) is 0 Å². The van der Waals surface area contributed by atoms with Crippen LogP contribution in [0.15, 0.2) is 0 Å². The van der Waals surface area contributed by atoms with Gasteiger partial charge >= 0.3 is 0 Å². The van der Waals surface area contributed by atoms with E-state index in [9.17, 15) is 0 Å². The second-order valence-corrected chi connectivity index (χ2v) is 7.51. The van der Waals surface area contributed by atoms with E-state index in [-0.39, 0.29) is 0 Å². The van der Waals surface area contributed by atoms with E-state index in [2.05, 4.69) is 48.5 Å². The van der Waals surface area contributed by atoms with Crippen LogP contribution in [0.5, 0.6) is 0 Å². The number of halogens is 1. The SMILES string of the molecule is CCC[C@@](C)([C@H](C)CCC(Cl)CC)C(C)(C)CC. The minimum Gasteiger partial charge on any atom is -0.123 e. The summed E-state index contributed by atoms with van der Waals surface area (Å²) in [6.07, 6.45) is 7.39. The van der Waals surface area contributed by atoms with Crippen molar-refractivity contribution in [2.45, 2.75) is 92.4 Å². The third-order valence-corrected chi connectivity index (χ3v) is 6.17. The van der Waals surface area contributed by atoms with Crippen LogP contribution in [0.2, 0.25) is 0 Å². The number of hydrogen-bond acceptors (Lipinski definition) is 0. The molecule has 0 heterocycles. The van der Waals surface area contributed by atoms with Crippen LogP contribution < -0.4 is 0 Å². The van der Waals surface area contributed by atoms with Gasteiger partial charge in [-0.3, -0.25) is 0 Å². The first-order chi connectivity index (χ1) is 8.25. The molecular weight excluding hydrogens is 240 g/mol. The smallest absolute Gasteiger partial charge is 0.0333 e. The van der Waals surface area contributed by atoms with Crippen molar-refractivity contribution in [2.75, 3.05) is 0 Å². The van der Waals surface area contributed by atoms with Crippen molar-refractivity contribution in [3.8, 4) is 0 Å². The molecule has 0 nitrogen and oxygen atoms in total. The zero-order valence-electron chi connectivity index (χ0n) is 13.8. The van der Waals surface area contributed by atoms with E-state index in [1.54, 1.807) is 0 Å². The maximum atomic E-state index is 6.28. The van der Waals surface area contributed by atoms with E-state index >= 15 is 0 Å². The summed E-state index contributed by atoms with van der Waals surface area (Å²) >= 11 is 6.28. The van der Waals surface area contributed by atoms with Gasteiger partial charge in [0.05, 0.1) is 0 Å². The van der Waals surface area contributed by atoms with Crippen molar-refractivity contribution in [2.24, 2.45) is 16.7 Å². The van der Waals surface area contributed by atoms with Crippen LogP contribution in [-0.2, 0) is 0 Å². The Bertz CT molecular complexity index is 222. The molecule has 0 N–H and O–H groups in total. The largest absolute Gasteiger partial charge is 0.123 e. The summed E-state index contributed by atoms with van der Waals surface area (Å²) in [5.41, 5.74) is 0.845. The summed E-state index contributed by atoms with van der Waals surface area (Å²) in [6.45, 7) is 16.6. The highest BCUT2D eigenvalue weighted by Gasteiger charge is 2.42. The Hall–Kier alpha value is 0.290. The number of rotatable bonds is 9. The molecule has 0 bridgehead atoms. The van der Waals surface area contributed by atoms with Gasteiger partial charge in [0.2, 0.25) is 0 Å². The van der Waals surface area contributed by atoms with E-state index in [0.717, 1.165) is 12.3 Å². The van der Waals surface area contributed by atoms with Crippen LogP contribution >= 0.6 is 11.6 Å². The Morgan fingerprint density at radius 2 is 1.56 bits per heavy atom. The van der Waals surface area contributed by atoms with Crippen LogP contribution in [0.25, 0.3) is 0 Å². The van der Waals surface area contributed by atoms with Gasteiger partial charge in [0, 0.05) is 5.38 Å². The lowest BCUT2D eigenvalue weighted by Crippen LogP contribution is -2.40. The first-order valence-corrected chi connectivity index (χ1v) is 8.32. The monoisotopic (exact) mass is 274 g/mol. The highest BCUT2D eigenvalue weighted by atomic mass is 35.5. The van der Waals surface area contributed by atoms with Gasteiger partial charge in [-0.05, 0) is 42.4 Å². The molecule has 0 aromatic heterocycles. The summed E-state index contributed by atoms with van der Waals surface area (Å²) in [6, 6.07) is 0.